The monoisotopic (exact) mass is 414 g/mol. The van der Waals surface area contributed by atoms with E-state index in [0.29, 0.717) is 10.8 Å². The second-order valence-corrected chi connectivity index (χ2v) is 7.47. The molecule has 30 heavy (non-hydrogen) atoms. The SMILES string of the molecule is Fc1ccccc1N1C(=S)N[C@H](c2ccccn2)[C@@H]1c1cccn1-c1ccccc1. The highest BCUT2D eigenvalue weighted by Gasteiger charge is 2.42. The van der Waals surface area contributed by atoms with E-state index in [1.807, 2.05) is 71.8 Å². The summed E-state index contributed by atoms with van der Waals surface area (Å²) in [5.41, 5.74) is 3.32. The van der Waals surface area contributed by atoms with Crippen molar-refractivity contribution < 1.29 is 4.39 Å². The normalized spacial score (nSPS) is 18.4. The summed E-state index contributed by atoms with van der Waals surface area (Å²) in [4.78, 5) is 6.42. The number of aromatic nitrogens is 2. The average Bonchev–Trinajstić information content (AvgIpc) is 3.40. The smallest absolute Gasteiger partial charge is 0.174 e. The molecule has 2 aromatic carbocycles. The van der Waals surface area contributed by atoms with Crippen LogP contribution in [0.4, 0.5) is 10.1 Å². The summed E-state index contributed by atoms with van der Waals surface area (Å²) in [5, 5.41) is 3.85. The quantitative estimate of drug-likeness (QED) is 0.466. The van der Waals surface area contributed by atoms with Gasteiger partial charge in [-0.15, -0.1) is 0 Å². The van der Waals surface area contributed by atoms with Crippen LogP contribution < -0.4 is 10.2 Å². The first-order valence-electron chi connectivity index (χ1n) is 9.72. The van der Waals surface area contributed by atoms with Gasteiger partial charge in [0, 0.05) is 23.8 Å². The van der Waals surface area contributed by atoms with Gasteiger partial charge in [0.2, 0.25) is 0 Å². The molecule has 2 aromatic heterocycles. The summed E-state index contributed by atoms with van der Waals surface area (Å²) < 4.78 is 16.9. The summed E-state index contributed by atoms with van der Waals surface area (Å²) in [6.45, 7) is 0. The van der Waals surface area contributed by atoms with Crippen LogP contribution in [0.15, 0.2) is 97.3 Å². The zero-order valence-electron chi connectivity index (χ0n) is 16.0. The van der Waals surface area contributed by atoms with Crippen LogP contribution in [0.2, 0.25) is 0 Å². The van der Waals surface area contributed by atoms with Crippen molar-refractivity contribution in [1.29, 1.82) is 0 Å². The number of benzene rings is 2. The summed E-state index contributed by atoms with van der Waals surface area (Å²) in [6.07, 6.45) is 3.78. The van der Waals surface area contributed by atoms with Gasteiger partial charge in [-0.1, -0.05) is 36.4 Å². The minimum absolute atomic E-state index is 0.226. The number of pyridine rings is 1. The van der Waals surface area contributed by atoms with E-state index in [4.69, 9.17) is 12.2 Å². The van der Waals surface area contributed by atoms with Gasteiger partial charge in [0.15, 0.2) is 5.11 Å². The van der Waals surface area contributed by atoms with E-state index in [-0.39, 0.29) is 17.9 Å². The first-order chi connectivity index (χ1) is 14.7. The number of nitrogens with one attached hydrogen (secondary N) is 1. The minimum atomic E-state index is -0.314. The highest BCUT2D eigenvalue weighted by Crippen LogP contribution is 2.42. The Labute approximate surface area is 179 Å². The van der Waals surface area contributed by atoms with Crippen LogP contribution in [-0.2, 0) is 0 Å². The largest absolute Gasteiger partial charge is 0.351 e. The molecule has 3 heterocycles. The summed E-state index contributed by atoms with van der Waals surface area (Å²) in [6, 6.07) is 26.2. The van der Waals surface area contributed by atoms with Gasteiger partial charge >= 0.3 is 0 Å². The maximum atomic E-state index is 14.8. The maximum absolute atomic E-state index is 14.8. The van der Waals surface area contributed by atoms with Crippen LogP contribution in [0.3, 0.4) is 0 Å². The maximum Gasteiger partial charge on any atom is 0.174 e. The van der Waals surface area contributed by atoms with Crippen molar-refractivity contribution in [2.75, 3.05) is 4.90 Å². The number of halogens is 1. The summed E-state index contributed by atoms with van der Waals surface area (Å²) in [7, 11) is 0. The van der Waals surface area contributed by atoms with E-state index < -0.39 is 0 Å². The number of thiocarbonyl (C=S) groups is 1. The van der Waals surface area contributed by atoms with Crippen LogP contribution in [-0.4, -0.2) is 14.7 Å². The highest BCUT2D eigenvalue weighted by atomic mass is 32.1. The van der Waals surface area contributed by atoms with Crippen molar-refractivity contribution >= 4 is 23.0 Å². The fraction of sp³-hybridized carbons (Fsp3) is 0.0833. The molecular formula is C24H19FN4S. The number of hydrogen-bond donors (Lipinski definition) is 1. The van der Waals surface area contributed by atoms with Crippen LogP contribution in [0.1, 0.15) is 23.5 Å². The lowest BCUT2D eigenvalue weighted by atomic mass is 10.0. The van der Waals surface area contributed by atoms with E-state index in [0.717, 1.165) is 17.1 Å². The highest BCUT2D eigenvalue weighted by molar-refractivity contribution is 7.80. The lowest BCUT2D eigenvalue weighted by Gasteiger charge is -2.29. The van der Waals surface area contributed by atoms with Crippen LogP contribution in [0.25, 0.3) is 5.69 Å². The molecule has 1 aliphatic rings. The Hall–Kier alpha value is -3.51. The lowest BCUT2D eigenvalue weighted by Crippen LogP contribution is -2.31. The zero-order valence-corrected chi connectivity index (χ0v) is 16.8. The van der Waals surface area contributed by atoms with Gasteiger partial charge in [-0.3, -0.25) is 4.98 Å². The molecule has 4 aromatic rings. The Balaban J connectivity index is 1.69. The molecule has 1 N–H and O–H groups in total. The fourth-order valence-corrected chi connectivity index (χ4v) is 4.36. The van der Waals surface area contributed by atoms with Gasteiger partial charge in [0.05, 0.1) is 17.4 Å². The summed E-state index contributed by atoms with van der Waals surface area (Å²) in [5.74, 6) is -0.314. The number of hydrogen-bond acceptors (Lipinski definition) is 2. The van der Waals surface area contributed by atoms with E-state index >= 15 is 0 Å². The predicted molar refractivity (Wildman–Crippen MR) is 120 cm³/mol. The van der Waals surface area contributed by atoms with Gasteiger partial charge in [0.25, 0.3) is 0 Å². The fourth-order valence-electron chi connectivity index (χ4n) is 4.02. The Morgan fingerprint density at radius 2 is 1.63 bits per heavy atom. The van der Waals surface area contributed by atoms with Gasteiger partial charge in [-0.25, -0.2) is 4.39 Å². The molecule has 1 aliphatic heterocycles. The molecule has 1 saturated heterocycles. The molecule has 2 atom stereocenters. The second kappa shape index (κ2) is 7.72. The van der Waals surface area contributed by atoms with E-state index in [2.05, 4.69) is 20.9 Å². The molecule has 0 amide bonds. The number of anilines is 1. The van der Waals surface area contributed by atoms with Crippen molar-refractivity contribution in [1.82, 2.24) is 14.9 Å². The van der Waals surface area contributed by atoms with E-state index in [9.17, 15) is 4.39 Å². The molecule has 0 saturated carbocycles. The number of para-hydroxylation sites is 2. The Bertz CT molecular complexity index is 1180. The van der Waals surface area contributed by atoms with Crippen molar-refractivity contribution in [3.63, 3.8) is 0 Å². The molecule has 0 spiro atoms. The van der Waals surface area contributed by atoms with E-state index in [1.54, 1.807) is 18.3 Å². The Morgan fingerprint density at radius 1 is 0.867 bits per heavy atom. The van der Waals surface area contributed by atoms with Crippen LogP contribution in [0.5, 0.6) is 0 Å². The van der Waals surface area contributed by atoms with E-state index in [1.165, 1.54) is 6.07 Å². The van der Waals surface area contributed by atoms with Crippen LogP contribution in [0, 0.1) is 5.82 Å². The van der Waals surface area contributed by atoms with Crippen molar-refractivity contribution in [3.8, 4) is 5.69 Å². The van der Waals surface area contributed by atoms with Gasteiger partial charge < -0.3 is 14.8 Å². The first-order valence-corrected chi connectivity index (χ1v) is 10.1. The standard InChI is InChI=1S/C24H19FN4S/c25-18-11-4-5-13-20(18)29-23(22(27-24(29)30)19-12-6-7-15-26-19)21-14-8-16-28(21)17-9-2-1-3-10-17/h1-16,22-23H,(H,27,30)/t22-,23+/m1/s1. The average molecular weight is 415 g/mol. The third kappa shape index (κ3) is 3.15. The molecule has 4 nitrogen and oxygen atoms in total. The zero-order chi connectivity index (χ0) is 20.5. The molecule has 0 aliphatic carbocycles. The van der Waals surface area contributed by atoms with Gasteiger partial charge in [-0.05, 0) is 60.7 Å². The molecule has 6 heteroatoms. The van der Waals surface area contributed by atoms with Crippen molar-refractivity contribution in [2.45, 2.75) is 12.1 Å². The van der Waals surface area contributed by atoms with Gasteiger partial charge in [0.1, 0.15) is 11.9 Å². The Kier molecular flexibility index (Phi) is 4.77. The molecular weight excluding hydrogens is 395 g/mol. The first kappa shape index (κ1) is 18.5. The van der Waals surface area contributed by atoms with Crippen LogP contribution >= 0.6 is 12.2 Å². The van der Waals surface area contributed by atoms with Crippen molar-refractivity contribution in [2.24, 2.45) is 0 Å². The third-order valence-corrected chi connectivity index (χ3v) is 5.64. The third-order valence-electron chi connectivity index (χ3n) is 5.33. The molecule has 5 rings (SSSR count). The molecule has 0 radical (unpaired) electrons. The Morgan fingerprint density at radius 3 is 2.40 bits per heavy atom. The number of nitrogens with zero attached hydrogens (tertiary/aromatic N) is 3. The molecule has 148 valence electrons. The van der Waals surface area contributed by atoms with Gasteiger partial charge in [-0.2, -0.15) is 0 Å². The second-order valence-electron chi connectivity index (χ2n) is 7.09. The lowest BCUT2D eigenvalue weighted by molar-refractivity contribution is 0.542. The molecule has 1 fully saturated rings. The predicted octanol–water partition coefficient (Wildman–Crippen LogP) is 5.19. The minimum Gasteiger partial charge on any atom is -0.351 e. The topological polar surface area (TPSA) is 33.1 Å². The summed E-state index contributed by atoms with van der Waals surface area (Å²) >= 11 is 5.68. The molecule has 0 bridgehead atoms. The van der Waals surface area contributed by atoms with Crippen molar-refractivity contribution in [3.05, 3.63) is 115 Å². The molecule has 0 unspecified atom stereocenters. The number of rotatable bonds is 4.